The summed E-state index contributed by atoms with van der Waals surface area (Å²) in [6.45, 7) is 2.82. The smallest absolute Gasteiger partial charge is 0.247 e. The normalized spacial score (nSPS) is 12.4. The molecular formula is C11H16N2O2. The minimum absolute atomic E-state index is 0.184. The van der Waals surface area contributed by atoms with Crippen molar-refractivity contribution in [3.63, 3.8) is 0 Å². The quantitative estimate of drug-likeness (QED) is 0.634. The summed E-state index contributed by atoms with van der Waals surface area (Å²) in [5.41, 5.74) is 7.24. The monoisotopic (exact) mass is 208 g/mol. The highest BCUT2D eigenvalue weighted by atomic mass is 16.3. The number of amides is 1. The van der Waals surface area contributed by atoms with Gasteiger partial charge >= 0.3 is 0 Å². The van der Waals surface area contributed by atoms with Gasteiger partial charge in [-0.05, 0) is 18.1 Å². The molecule has 15 heavy (non-hydrogen) atoms. The molecule has 0 saturated carbocycles. The number of primary amides is 1. The Morgan fingerprint density at radius 1 is 1.53 bits per heavy atom. The second-order valence-corrected chi connectivity index (χ2v) is 3.48. The first-order valence-electron chi connectivity index (χ1n) is 4.84. The Balaban J connectivity index is 2.38. The number of aryl methyl sites for hydroxylation is 1. The first kappa shape index (κ1) is 11.7. The predicted octanol–water partition coefficient (Wildman–Crippen LogP) is -0.0692. The molecule has 1 amide bonds. The maximum absolute atomic E-state index is 10.5. The highest BCUT2D eigenvalue weighted by molar-refractivity contribution is 5.78. The Bertz CT molecular complexity index is 339. The Kier molecular flexibility index (Phi) is 4.27. The summed E-state index contributed by atoms with van der Waals surface area (Å²) in [6, 6.07) is 7.94. The molecule has 1 rings (SSSR count). The summed E-state index contributed by atoms with van der Waals surface area (Å²) in [5, 5.41) is 12.1. The van der Waals surface area contributed by atoms with Gasteiger partial charge in [0.05, 0.1) is 0 Å². The molecule has 0 radical (unpaired) electrons. The van der Waals surface area contributed by atoms with Crippen LogP contribution in [0, 0.1) is 6.92 Å². The van der Waals surface area contributed by atoms with Crippen molar-refractivity contribution in [2.24, 2.45) is 5.73 Å². The van der Waals surface area contributed by atoms with Gasteiger partial charge in [-0.3, -0.25) is 4.79 Å². The molecule has 4 N–H and O–H groups in total. The standard InChI is InChI=1S/C11H16N2O2/c1-8-4-2-3-5-9(8)6-13-7-10(14)11(12)15/h2-5,10,13-14H,6-7H2,1H3,(H2,12,15). The van der Waals surface area contributed by atoms with E-state index in [1.54, 1.807) is 0 Å². The van der Waals surface area contributed by atoms with E-state index in [4.69, 9.17) is 10.8 Å². The summed E-state index contributed by atoms with van der Waals surface area (Å²) in [5.74, 6) is -0.702. The highest BCUT2D eigenvalue weighted by Crippen LogP contribution is 2.05. The van der Waals surface area contributed by atoms with E-state index in [0.717, 1.165) is 5.56 Å². The van der Waals surface area contributed by atoms with Gasteiger partial charge in [-0.25, -0.2) is 0 Å². The van der Waals surface area contributed by atoms with E-state index in [9.17, 15) is 4.79 Å². The van der Waals surface area contributed by atoms with Crippen LogP contribution in [0.2, 0.25) is 0 Å². The number of nitrogens with two attached hydrogens (primary N) is 1. The number of hydrogen-bond donors (Lipinski definition) is 3. The van der Waals surface area contributed by atoms with Crippen LogP contribution in [0.4, 0.5) is 0 Å². The summed E-state index contributed by atoms with van der Waals surface area (Å²) < 4.78 is 0. The molecule has 82 valence electrons. The molecule has 0 saturated heterocycles. The van der Waals surface area contributed by atoms with Crippen LogP contribution in [-0.2, 0) is 11.3 Å². The maximum atomic E-state index is 10.5. The molecule has 0 aromatic heterocycles. The Labute approximate surface area is 89.1 Å². The fourth-order valence-electron chi connectivity index (χ4n) is 1.25. The average Bonchev–Trinajstić information content (AvgIpc) is 2.20. The molecule has 0 aliphatic rings. The molecule has 1 atom stereocenters. The van der Waals surface area contributed by atoms with Crippen molar-refractivity contribution in [3.05, 3.63) is 35.4 Å². The minimum Gasteiger partial charge on any atom is -0.382 e. The fourth-order valence-corrected chi connectivity index (χ4v) is 1.25. The lowest BCUT2D eigenvalue weighted by Gasteiger charge is -2.09. The lowest BCUT2D eigenvalue weighted by molar-refractivity contribution is -0.125. The SMILES string of the molecule is Cc1ccccc1CNCC(O)C(N)=O. The van der Waals surface area contributed by atoms with Crippen LogP contribution in [0.3, 0.4) is 0 Å². The van der Waals surface area contributed by atoms with Crippen LogP contribution in [0.15, 0.2) is 24.3 Å². The third-order valence-corrected chi connectivity index (χ3v) is 2.24. The van der Waals surface area contributed by atoms with E-state index in [1.807, 2.05) is 31.2 Å². The van der Waals surface area contributed by atoms with Crippen molar-refractivity contribution >= 4 is 5.91 Å². The predicted molar refractivity (Wildman–Crippen MR) is 58.1 cm³/mol. The van der Waals surface area contributed by atoms with Crippen molar-refractivity contribution in [1.29, 1.82) is 0 Å². The van der Waals surface area contributed by atoms with Crippen LogP contribution in [0.1, 0.15) is 11.1 Å². The number of nitrogens with one attached hydrogen (secondary N) is 1. The molecule has 4 nitrogen and oxygen atoms in total. The second kappa shape index (κ2) is 5.48. The van der Waals surface area contributed by atoms with Crippen LogP contribution in [-0.4, -0.2) is 23.7 Å². The van der Waals surface area contributed by atoms with Crippen LogP contribution in [0.25, 0.3) is 0 Å². The minimum atomic E-state index is -1.12. The van der Waals surface area contributed by atoms with Gasteiger partial charge in [0, 0.05) is 13.1 Å². The zero-order chi connectivity index (χ0) is 11.3. The van der Waals surface area contributed by atoms with Gasteiger partial charge < -0.3 is 16.2 Å². The highest BCUT2D eigenvalue weighted by Gasteiger charge is 2.09. The van der Waals surface area contributed by atoms with Crippen molar-refractivity contribution in [1.82, 2.24) is 5.32 Å². The molecule has 0 aliphatic carbocycles. The number of aliphatic hydroxyl groups excluding tert-OH is 1. The van der Waals surface area contributed by atoms with Crippen molar-refractivity contribution < 1.29 is 9.90 Å². The number of hydrogen-bond acceptors (Lipinski definition) is 3. The first-order valence-corrected chi connectivity index (χ1v) is 4.84. The third-order valence-electron chi connectivity index (χ3n) is 2.24. The molecule has 0 spiro atoms. The van der Waals surface area contributed by atoms with E-state index in [2.05, 4.69) is 5.32 Å². The molecular weight excluding hydrogens is 192 g/mol. The maximum Gasteiger partial charge on any atom is 0.247 e. The molecule has 0 aliphatic heterocycles. The van der Waals surface area contributed by atoms with Gasteiger partial charge in [-0.2, -0.15) is 0 Å². The molecule has 1 aromatic rings. The zero-order valence-corrected chi connectivity index (χ0v) is 8.73. The van der Waals surface area contributed by atoms with Gasteiger partial charge in [-0.15, -0.1) is 0 Å². The Morgan fingerprint density at radius 3 is 2.80 bits per heavy atom. The Morgan fingerprint density at radius 2 is 2.20 bits per heavy atom. The molecule has 0 bridgehead atoms. The fraction of sp³-hybridized carbons (Fsp3) is 0.364. The lowest BCUT2D eigenvalue weighted by Crippen LogP contribution is -2.37. The van der Waals surface area contributed by atoms with E-state index in [1.165, 1.54) is 5.56 Å². The molecule has 1 aromatic carbocycles. The summed E-state index contributed by atoms with van der Waals surface area (Å²) in [7, 11) is 0. The van der Waals surface area contributed by atoms with Crippen molar-refractivity contribution in [3.8, 4) is 0 Å². The van der Waals surface area contributed by atoms with E-state index >= 15 is 0 Å². The molecule has 1 unspecified atom stereocenters. The van der Waals surface area contributed by atoms with Gasteiger partial charge in [0.15, 0.2) is 0 Å². The van der Waals surface area contributed by atoms with E-state index in [0.29, 0.717) is 6.54 Å². The topological polar surface area (TPSA) is 75.3 Å². The number of aliphatic hydroxyl groups is 1. The first-order chi connectivity index (χ1) is 7.11. The third kappa shape index (κ3) is 3.69. The number of benzene rings is 1. The molecule has 0 fully saturated rings. The van der Waals surface area contributed by atoms with Crippen LogP contribution >= 0.6 is 0 Å². The van der Waals surface area contributed by atoms with Crippen LogP contribution in [0.5, 0.6) is 0 Å². The van der Waals surface area contributed by atoms with E-state index in [-0.39, 0.29) is 6.54 Å². The largest absolute Gasteiger partial charge is 0.382 e. The van der Waals surface area contributed by atoms with Gasteiger partial charge in [0.1, 0.15) is 6.10 Å². The van der Waals surface area contributed by atoms with E-state index < -0.39 is 12.0 Å². The number of carbonyl (C=O) groups is 1. The zero-order valence-electron chi connectivity index (χ0n) is 8.73. The number of rotatable bonds is 5. The van der Waals surface area contributed by atoms with Gasteiger partial charge in [0.2, 0.25) is 5.91 Å². The Hall–Kier alpha value is -1.39. The van der Waals surface area contributed by atoms with Crippen molar-refractivity contribution in [2.75, 3.05) is 6.54 Å². The second-order valence-electron chi connectivity index (χ2n) is 3.48. The summed E-state index contributed by atoms with van der Waals surface area (Å²) >= 11 is 0. The number of carbonyl (C=O) groups excluding carboxylic acids is 1. The van der Waals surface area contributed by atoms with Crippen LogP contribution < -0.4 is 11.1 Å². The molecule has 4 heteroatoms. The summed E-state index contributed by atoms with van der Waals surface area (Å²) in [6.07, 6.45) is -1.12. The molecule has 0 heterocycles. The lowest BCUT2D eigenvalue weighted by atomic mass is 10.1. The van der Waals surface area contributed by atoms with Gasteiger partial charge in [-0.1, -0.05) is 24.3 Å². The van der Waals surface area contributed by atoms with Crippen molar-refractivity contribution in [2.45, 2.75) is 19.6 Å². The van der Waals surface area contributed by atoms with Gasteiger partial charge in [0.25, 0.3) is 0 Å². The summed E-state index contributed by atoms with van der Waals surface area (Å²) in [4.78, 5) is 10.5. The average molecular weight is 208 g/mol.